The molecule has 0 aromatic carbocycles. The van der Waals surface area contributed by atoms with E-state index in [0.717, 1.165) is 19.4 Å². The molecule has 1 heterocycles. The summed E-state index contributed by atoms with van der Waals surface area (Å²) in [6.07, 6.45) is 2.54. The molecule has 0 spiro atoms. The third-order valence-electron chi connectivity index (χ3n) is 1.67. The van der Waals surface area contributed by atoms with Gasteiger partial charge in [-0.2, -0.15) is 0 Å². The summed E-state index contributed by atoms with van der Waals surface area (Å²) < 4.78 is 5.27. The molecule has 1 fully saturated rings. The molecule has 48 valence electrons. The van der Waals surface area contributed by atoms with Gasteiger partial charge in [-0.15, -0.1) is 0 Å². The number of ether oxygens (including phenoxy) is 1. The summed E-state index contributed by atoms with van der Waals surface area (Å²) >= 11 is 0. The second kappa shape index (κ2) is 2.46. The summed E-state index contributed by atoms with van der Waals surface area (Å²) in [5, 5.41) is 0. The summed E-state index contributed by atoms with van der Waals surface area (Å²) in [7, 11) is 0. The predicted octanol–water partition coefficient (Wildman–Crippen LogP) is 0.513. The largest absolute Gasteiger partial charge is 0.377 e. The van der Waals surface area contributed by atoms with E-state index in [0.29, 0.717) is 0 Å². The molecule has 0 amide bonds. The van der Waals surface area contributed by atoms with E-state index in [4.69, 9.17) is 10.5 Å². The molecule has 8 heavy (non-hydrogen) atoms. The molecule has 0 saturated carbocycles. The molecule has 0 radical (unpaired) electrons. The van der Waals surface area contributed by atoms with E-state index in [1.807, 2.05) is 6.92 Å². The highest BCUT2D eigenvalue weighted by molar-refractivity contribution is 4.72. The van der Waals surface area contributed by atoms with Gasteiger partial charge in [0.2, 0.25) is 0 Å². The molecule has 2 heteroatoms. The lowest BCUT2D eigenvalue weighted by Crippen LogP contribution is -2.38. The van der Waals surface area contributed by atoms with Crippen molar-refractivity contribution >= 4 is 0 Å². The van der Waals surface area contributed by atoms with Gasteiger partial charge in [0.15, 0.2) is 0 Å². The van der Waals surface area contributed by atoms with Crippen LogP contribution in [0.5, 0.6) is 0 Å². The van der Waals surface area contributed by atoms with Gasteiger partial charge >= 0.3 is 0 Å². The average Bonchev–Trinajstić information content (AvgIpc) is 1.77. The quantitative estimate of drug-likeness (QED) is 0.499. The molecule has 0 bridgehead atoms. The highest BCUT2D eigenvalue weighted by atomic mass is 16.5. The van der Waals surface area contributed by atoms with Crippen molar-refractivity contribution in [3.05, 3.63) is 0 Å². The molecular weight excluding hydrogens is 102 g/mol. The first-order valence-corrected chi connectivity index (χ1v) is 3.18. The van der Waals surface area contributed by atoms with Gasteiger partial charge in [-0.05, 0) is 19.8 Å². The summed E-state index contributed by atoms with van der Waals surface area (Å²) in [6.45, 7) is 2.93. The number of nitrogens with two attached hydrogens (primary N) is 1. The first-order chi connectivity index (χ1) is 3.80. The smallest absolute Gasteiger partial charge is 0.0697 e. The van der Waals surface area contributed by atoms with Crippen LogP contribution in [0.3, 0.4) is 0 Å². The Kier molecular flexibility index (Phi) is 1.86. The first kappa shape index (κ1) is 6.05. The van der Waals surface area contributed by atoms with Gasteiger partial charge in [0.05, 0.1) is 6.10 Å². The minimum Gasteiger partial charge on any atom is -0.377 e. The standard InChI is InChI=1S/C6H13NO/c1-5-6(7)3-2-4-8-5/h5-6H,2-4,7H2,1H3. The average molecular weight is 115 g/mol. The minimum atomic E-state index is 0.281. The van der Waals surface area contributed by atoms with Crippen molar-refractivity contribution in [1.82, 2.24) is 0 Å². The summed E-state index contributed by atoms with van der Waals surface area (Å²) in [5.41, 5.74) is 5.65. The second-order valence-electron chi connectivity index (χ2n) is 2.38. The monoisotopic (exact) mass is 115 g/mol. The van der Waals surface area contributed by atoms with E-state index in [1.165, 1.54) is 0 Å². The number of hydrogen-bond acceptors (Lipinski definition) is 2. The third-order valence-corrected chi connectivity index (χ3v) is 1.67. The van der Waals surface area contributed by atoms with Crippen LogP contribution in [0.15, 0.2) is 0 Å². The Labute approximate surface area is 50.0 Å². The van der Waals surface area contributed by atoms with Gasteiger partial charge in [0.25, 0.3) is 0 Å². The van der Waals surface area contributed by atoms with Crippen LogP contribution >= 0.6 is 0 Å². The van der Waals surface area contributed by atoms with Crippen molar-refractivity contribution in [3.63, 3.8) is 0 Å². The molecule has 1 saturated heterocycles. The topological polar surface area (TPSA) is 35.2 Å². The summed E-state index contributed by atoms with van der Waals surface area (Å²) in [4.78, 5) is 0. The minimum absolute atomic E-state index is 0.281. The fourth-order valence-corrected chi connectivity index (χ4v) is 0.947. The van der Waals surface area contributed by atoms with Gasteiger partial charge in [-0.1, -0.05) is 0 Å². The van der Waals surface area contributed by atoms with Crippen LogP contribution in [0.1, 0.15) is 19.8 Å². The molecule has 2 nitrogen and oxygen atoms in total. The van der Waals surface area contributed by atoms with Crippen molar-refractivity contribution in [2.75, 3.05) is 6.61 Å². The Hall–Kier alpha value is -0.0800. The third kappa shape index (κ3) is 1.20. The molecular formula is C6H13NO. The van der Waals surface area contributed by atoms with Gasteiger partial charge < -0.3 is 10.5 Å². The van der Waals surface area contributed by atoms with Gasteiger partial charge in [-0.25, -0.2) is 0 Å². The van der Waals surface area contributed by atoms with Crippen molar-refractivity contribution in [2.24, 2.45) is 5.73 Å². The van der Waals surface area contributed by atoms with Gasteiger partial charge in [-0.3, -0.25) is 0 Å². The fraction of sp³-hybridized carbons (Fsp3) is 1.00. The first-order valence-electron chi connectivity index (χ1n) is 3.18. The highest BCUT2D eigenvalue weighted by Gasteiger charge is 2.16. The van der Waals surface area contributed by atoms with E-state index >= 15 is 0 Å². The maximum Gasteiger partial charge on any atom is 0.0697 e. The van der Waals surface area contributed by atoms with Gasteiger partial charge in [0, 0.05) is 12.6 Å². The molecule has 2 atom stereocenters. The van der Waals surface area contributed by atoms with Crippen LogP contribution in [-0.2, 0) is 4.74 Å². The molecule has 1 aliphatic rings. The summed E-state index contributed by atoms with van der Waals surface area (Å²) in [6, 6.07) is 0.281. The molecule has 0 aliphatic carbocycles. The fourth-order valence-electron chi connectivity index (χ4n) is 0.947. The SMILES string of the molecule is CC1OCCCC1N. The van der Waals surface area contributed by atoms with E-state index in [2.05, 4.69) is 0 Å². The predicted molar refractivity (Wildman–Crippen MR) is 32.6 cm³/mol. The lowest BCUT2D eigenvalue weighted by atomic mass is 10.1. The van der Waals surface area contributed by atoms with Gasteiger partial charge in [0.1, 0.15) is 0 Å². The van der Waals surface area contributed by atoms with Crippen LogP contribution in [0.4, 0.5) is 0 Å². The Bertz CT molecular complexity index is 64.9. The lowest BCUT2D eigenvalue weighted by Gasteiger charge is -2.25. The van der Waals surface area contributed by atoms with Crippen LogP contribution in [0.25, 0.3) is 0 Å². The van der Waals surface area contributed by atoms with Crippen LogP contribution < -0.4 is 5.73 Å². The molecule has 0 aromatic heterocycles. The normalized spacial score (nSPS) is 39.8. The molecule has 0 aromatic rings. The summed E-state index contributed by atoms with van der Waals surface area (Å²) in [5.74, 6) is 0. The zero-order chi connectivity index (χ0) is 5.98. The lowest BCUT2D eigenvalue weighted by molar-refractivity contribution is 0.0138. The van der Waals surface area contributed by atoms with E-state index in [-0.39, 0.29) is 12.1 Å². The van der Waals surface area contributed by atoms with E-state index < -0.39 is 0 Å². The molecule has 2 unspecified atom stereocenters. The van der Waals surface area contributed by atoms with Crippen LogP contribution in [-0.4, -0.2) is 18.8 Å². The zero-order valence-corrected chi connectivity index (χ0v) is 5.26. The molecule has 1 aliphatic heterocycles. The maximum absolute atomic E-state index is 5.65. The Morgan fingerprint density at radius 1 is 1.62 bits per heavy atom. The van der Waals surface area contributed by atoms with Crippen molar-refractivity contribution < 1.29 is 4.74 Å². The van der Waals surface area contributed by atoms with Crippen molar-refractivity contribution in [3.8, 4) is 0 Å². The van der Waals surface area contributed by atoms with E-state index in [1.54, 1.807) is 0 Å². The number of rotatable bonds is 0. The Morgan fingerprint density at radius 2 is 2.38 bits per heavy atom. The molecule has 1 rings (SSSR count). The Balaban J connectivity index is 2.28. The van der Waals surface area contributed by atoms with Crippen LogP contribution in [0.2, 0.25) is 0 Å². The van der Waals surface area contributed by atoms with Crippen LogP contribution in [0, 0.1) is 0 Å². The van der Waals surface area contributed by atoms with Crippen molar-refractivity contribution in [2.45, 2.75) is 31.9 Å². The second-order valence-corrected chi connectivity index (χ2v) is 2.38. The van der Waals surface area contributed by atoms with Crippen molar-refractivity contribution in [1.29, 1.82) is 0 Å². The highest BCUT2D eigenvalue weighted by Crippen LogP contribution is 2.10. The maximum atomic E-state index is 5.65. The zero-order valence-electron chi connectivity index (χ0n) is 5.26. The molecule has 2 N–H and O–H groups in total. The van der Waals surface area contributed by atoms with E-state index in [9.17, 15) is 0 Å². The number of hydrogen-bond donors (Lipinski definition) is 1. The Morgan fingerprint density at radius 3 is 2.75 bits per heavy atom.